The highest BCUT2D eigenvalue weighted by atomic mass is 79.9. The predicted octanol–water partition coefficient (Wildman–Crippen LogP) is 4.20. The molecule has 1 N–H and O–H groups in total. The lowest BCUT2D eigenvalue weighted by Gasteiger charge is -2.18. The first-order valence-corrected chi connectivity index (χ1v) is 7.16. The summed E-state index contributed by atoms with van der Waals surface area (Å²) in [5.74, 6) is 0.828. The maximum atomic E-state index is 3.58. The molecule has 0 aromatic heterocycles. The van der Waals surface area contributed by atoms with Crippen LogP contribution >= 0.6 is 15.9 Å². The lowest BCUT2D eigenvalue weighted by atomic mass is 9.94. The van der Waals surface area contributed by atoms with E-state index in [2.05, 4.69) is 58.5 Å². The van der Waals surface area contributed by atoms with Gasteiger partial charge in [0.15, 0.2) is 0 Å². The molecule has 2 rings (SSSR count). The van der Waals surface area contributed by atoms with Gasteiger partial charge in [-0.2, -0.15) is 0 Å². The summed E-state index contributed by atoms with van der Waals surface area (Å²) in [5, 5.41) is 3.56. The summed E-state index contributed by atoms with van der Waals surface area (Å²) in [6, 6.07) is 6.58. The van der Waals surface area contributed by atoms with Crippen molar-refractivity contribution in [1.29, 1.82) is 0 Å². The van der Waals surface area contributed by atoms with Gasteiger partial charge in [-0.3, -0.25) is 0 Å². The average Bonchev–Trinajstić information content (AvgIpc) is 2.35. The van der Waals surface area contributed by atoms with E-state index in [0.717, 1.165) is 19.0 Å². The number of rotatable bonds is 4. The lowest BCUT2D eigenvalue weighted by molar-refractivity contribution is 0.440. The first-order valence-electron chi connectivity index (χ1n) is 6.36. The second-order valence-electron chi connectivity index (χ2n) is 4.86. The van der Waals surface area contributed by atoms with E-state index in [9.17, 15) is 0 Å². The van der Waals surface area contributed by atoms with Crippen molar-refractivity contribution >= 4 is 15.9 Å². The van der Waals surface area contributed by atoms with E-state index < -0.39 is 0 Å². The van der Waals surface area contributed by atoms with Gasteiger partial charge in [0.05, 0.1) is 0 Å². The van der Waals surface area contributed by atoms with Crippen LogP contribution in [-0.4, -0.2) is 6.54 Å². The van der Waals surface area contributed by atoms with E-state index in [1.165, 1.54) is 34.9 Å². The van der Waals surface area contributed by atoms with Gasteiger partial charge in [-0.15, -0.1) is 0 Å². The van der Waals surface area contributed by atoms with E-state index in [1.54, 1.807) is 0 Å². The summed E-state index contributed by atoms with van der Waals surface area (Å²) >= 11 is 3.58. The fourth-order valence-electron chi connectivity index (χ4n) is 2.21. The van der Waals surface area contributed by atoms with Gasteiger partial charge in [0.1, 0.15) is 0 Å². The van der Waals surface area contributed by atoms with Gasteiger partial charge in [-0.25, -0.2) is 0 Å². The van der Waals surface area contributed by atoms with Crippen LogP contribution in [0, 0.1) is 12.8 Å². The number of nitrogens with one attached hydrogen (secondary N) is 1. The molecule has 0 spiro atoms. The Balaban J connectivity index is 1.77. The number of halogens is 1. The number of allylic oxidation sites excluding steroid dienone is 2. The number of benzene rings is 1. The van der Waals surface area contributed by atoms with Crippen molar-refractivity contribution in [1.82, 2.24) is 5.32 Å². The molecule has 0 bridgehead atoms. The fourth-order valence-corrected chi connectivity index (χ4v) is 2.63. The Kier molecular flexibility index (Phi) is 4.81. The first-order chi connectivity index (χ1) is 8.25. The highest BCUT2D eigenvalue weighted by molar-refractivity contribution is 9.10. The summed E-state index contributed by atoms with van der Waals surface area (Å²) < 4.78 is 1.21. The van der Waals surface area contributed by atoms with Gasteiger partial charge in [-0.1, -0.05) is 40.2 Å². The van der Waals surface area contributed by atoms with Gasteiger partial charge in [0, 0.05) is 11.0 Å². The molecule has 1 aromatic carbocycles. The number of hydrogen-bond acceptors (Lipinski definition) is 1. The van der Waals surface area contributed by atoms with E-state index in [0.29, 0.717) is 0 Å². The Labute approximate surface area is 112 Å². The third-order valence-corrected chi connectivity index (χ3v) is 4.23. The molecule has 1 aromatic rings. The molecule has 1 nitrogen and oxygen atoms in total. The first kappa shape index (κ1) is 12.8. The standard InChI is InChI=1S/C15H20BrN/c1-12-7-8-14(9-15(12)16)11-17-10-13-5-3-2-4-6-13/h2-3,7-9,13,17H,4-6,10-11H2,1H3. The van der Waals surface area contributed by atoms with E-state index in [4.69, 9.17) is 0 Å². The summed E-state index contributed by atoms with van der Waals surface area (Å²) in [5.41, 5.74) is 2.65. The molecule has 0 fully saturated rings. The zero-order valence-corrected chi connectivity index (χ0v) is 12.0. The molecule has 0 heterocycles. The minimum atomic E-state index is 0.828. The van der Waals surface area contributed by atoms with Gasteiger partial charge < -0.3 is 5.32 Å². The molecule has 17 heavy (non-hydrogen) atoms. The zero-order valence-electron chi connectivity index (χ0n) is 10.4. The Bertz CT molecular complexity index is 398. The van der Waals surface area contributed by atoms with Crippen molar-refractivity contribution in [2.45, 2.75) is 32.7 Å². The van der Waals surface area contributed by atoms with Crippen LogP contribution < -0.4 is 5.32 Å². The van der Waals surface area contributed by atoms with Crippen LogP contribution in [0.5, 0.6) is 0 Å². The Morgan fingerprint density at radius 3 is 2.94 bits per heavy atom. The van der Waals surface area contributed by atoms with E-state index >= 15 is 0 Å². The van der Waals surface area contributed by atoms with Crippen LogP contribution in [-0.2, 0) is 6.54 Å². The molecular formula is C15H20BrN. The number of aryl methyl sites for hydroxylation is 1. The molecule has 0 radical (unpaired) electrons. The molecule has 1 atom stereocenters. The van der Waals surface area contributed by atoms with Gasteiger partial charge in [0.2, 0.25) is 0 Å². The predicted molar refractivity (Wildman–Crippen MR) is 77.1 cm³/mol. The average molecular weight is 294 g/mol. The van der Waals surface area contributed by atoms with Crippen LogP contribution in [0.4, 0.5) is 0 Å². The third kappa shape index (κ3) is 3.97. The Morgan fingerprint density at radius 1 is 1.35 bits per heavy atom. The highest BCUT2D eigenvalue weighted by Gasteiger charge is 2.08. The molecule has 0 saturated carbocycles. The van der Waals surface area contributed by atoms with E-state index in [1.807, 2.05) is 0 Å². The van der Waals surface area contributed by atoms with Crippen molar-refractivity contribution < 1.29 is 0 Å². The molecule has 0 aliphatic heterocycles. The maximum Gasteiger partial charge on any atom is 0.0207 e. The van der Waals surface area contributed by atoms with Crippen LogP contribution in [0.15, 0.2) is 34.8 Å². The van der Waals surface area contributed by atoms with Crippen molar-refractivity contribution in [2.75, 3.05) is 6.54 Å². The molecule has 0 amide bonds. The van der Waals surface area contributed by atoms with Crippen LogP contribution in [0.2, 0.25) is 0 Å². The molecular weight excluding hydrogens is 274 g/mol. The molecule has 92 valence electrons. The van der Waals surface area contributed by atoms with Gasteiger partial charge in [-0.05, 0) is 55.8 Å². The molecule has 1 aliphatic rings. The van der Waals surface area contributed by atoms with Gasteiger partial charge in [0.25, 0.3) is 0 Å². The quantitative estimate of drug-likeness (QED) is 0.821. The van der Waals surface area contributed by atoms with Crippen LogP contribution in [0.3, 0.4) is 0 Å². The summed E-state index contributed by atoms with van der Waals surface area (Å²) in [7, 11) is 0. The fraction of sp³-hybridized carbons (Fsp3) is 0.467. The third-order valence-electron chi connectivity index (χ3n) is 3.38. The minimum absolute atomic E-state index is 0.828. The smallest absolute Gasteiger partial charge is 0.0207 e. The second-order valence-corrected chi connectivity index (χ2v) is 5.72. The zero-order chi connectivity index (χ0) is 12.1. The molecule has 2 heteroatoms. The van der Waals surface area contributed by atoms with Crippen LogP contribution in [0.1, 0.15) is 30.4 Å². The highest BCUT2D eigenvalue weighted by Crippen LogP contribution is 2.19. The van der Waals surface area contributed by atoms with Gasteiger partial charge >= 0.3 is 0 Å². The van der Waals surface area contributed by atoms with Crippen molar-refractivity contribution in [2.24, 2.45) is 5.92 Å². The van der Waals surface area contributed by atoms with Crippen molar-refractivity contribution in [3.8, 4) is 0 Å². The van der Waals surface area contributed by atoms with E-state index in [-0.39, 0.29) is 0 Å². The molecule has 1 aliphatic carbocycles. The second kappa shape index (κ2) is 6.36. The monoisotopic (exact) mass is 293 g/mol. The summed E-state index contributed by atoms with van der Waals surface area (Å²) in [4.78, 5) is 0. The topological polar surface area (TPSA) is 12.0 Å². The minimum Gasteiger partial charge on any atom is -0.312 e. The Hall–Kier alpha value is -0.600. The van der Waals surface area contributed by atoms with Crippen LogP contribution in [0.25, 0.3) is 0 Å². The number of hydrogen-bond donors (Lipinski definition) is 1. The summed E-state index contributed by atoms with van der Waals surface area (Å²) in [6.45, 7) is 4.23. The maximum absolute atomic E-state index is 3.58. The summed E-state index contributed by atoms with van der Waals surface area (Å²) in [6.07, 6.45) is 8.44. The molecule has 0 saturated heterocycles. The largest absolute Gasteiger partial charge is 0.312 e. The molecule has 1 unspecified atom stereocenters. The Morgan fingerprint density at radius 2 is 2.24 bits per heavy atom. The lowest BCUT2D eigenvalue weighted by Crippen LogP contribution is -2.23. The SMILES string of the molecule is Cc1ccc(CNCC2CC=CCC2)cc1Br. The van der Waals surface area contributed by atoms with Crippen molar-refractivity contribution in [3.05, 3.63) is 46.0 Å². The van der Waals surface area contributed by atoms with Crippen molar-refractivity contribution in [3.63, 3.8) is 0 Å². The normalized spacial score (nSPS) is 19.5.